The lowest BCUT2D eigenvalue weighted by Crippen LogP contribution is -2.44. The van der Waals surface area contributed by atoms with E-state index in [2.05, 4.69) is 5.32 Å². The highest BCUT2D eigenvalue weighted by atomic mass is 16.7. The Morgan fingerprint density at radius 1 is 1.29 bits per heavy atom. The summed E-state index contributed by atoms with van der Waals surface area (Å²) in [7, 11) is 2.91. The molecule has 2 N–H and O–H groups in total. The van der Waals surface area contributed by atoms with E-state index in [1.807, 2.05) is 30.3 Å². The van der Waals surface area contributed by atoms with Crippen molar-refractivity contribution in [2.45, 2.75) is 5.91 Å². The smallest absolute Gasteiger partial charge is 0.271 e. The van der Waals surface area contributed by atoms with Crippen molar-refractivity contribution in [3.8, 4) is 0 Å². The summed E-state index contributed by atoms with van der Waals surface area (Å²) in [4.78, 5) is 0. The second-order valence-corrected chi connectivity index (χ2v) is 2.91. The number of methoxy groups -OCH3 is 2. The number of nitrogens with one attached hydrogen (secondary N) is 1. The first-order chi connectivity index (χ1) is 6.70. The monoisotopic (exact) mass is 197 g/mol. The van der Waals surface area contributed by atoms with Gasteiger partial charge in [0, 0.05) is 19.9 Å². The van der Waals surface area contributed by atoms with Gasteiger partial charge in [-0.3, -0.25) is 0 Å². The zero-order chi connectivity index (χ0) is 10.4. The molecule has 0 aromatic heterocycles. The van der Waals surface area contributed by atoms with Crippen molar-refractivity contribution in [2.75, 3.05) is 26.1 Å². The van der Waals surface area contributed by atoms with E-state index in [1.165, 1.54) is 14.2 Å². The Morgan fingerprint density at radius 3 is 2.43 bits per heavy atom. The minimum Gasteiger partial charge on any atom is -0.377 e. The predicted octanol–water partition coefficient (Wildman–Crippen LogP) is 1.04. The molecule has 0 amide bonds. The Bertz CT molecular complexity index is 265. The van der Waals surface area contributed by atoms with Gasteiger partial charge in [0.15, 0.2) is 0 Å². The Kier molecular flexibility index (Phi) is 3.88. The summed E-state index contributed by atoms with van der Waals surface area (Å²) in [5.74, 6) is -1.48. The number of ether oxygens (including phenoxy) is 2. The Hall–Kier alpha value is -1.10. The molecule has 1 atom stereocenters. The molecule has 4 heteroatoms. The van der Waals surface area contributed by atoms with Gasteiger partial charge in [0.2, 0.25) is 0 Å². The number of anilines is 1. The van der Waals surface area contributed by atoms with E-state index in [9.17, 15) is 5.11 Å². The third-order valence-electron chi connectivity index (χ3n) is 1.79. The molecule has 14 heavy (non-hydrogen) atoms. The summed E-state index contributed by atoms with van der Waals surface area (Å²) in [6.07, 6.45) is 0. The highest BCUT2D eigenvalue weighted by Gasteiger charge is 2.25. The van der Waals surface area contributed by atoms with Crippen molar-refractivity contribution >= 4 is 5.69 Å². The van der Waals surface area contributed by atoms with Crippen molar-refractivity contribution < 1.29 is 14.6 Å². The van der Waals surface area contributed by atoms with Gasteiger partial charge in [-0.1, -0.05) is 18.2 Å². The van der Waals surface area contributed by atoms with Crippen molar-refractivity contribution in [1.29, 1.82) is 0 Å². The van der Waals surface area contributed by atoms with Crippen molar-refractivity contribution in [1.82, 2.24) is 0 Å². The van der Waals surface area contributed by atoms with Crippen LogP contribution in [0.1, 0.15) is 0 Å². The largest absolute Gasteiger partial charge is 0.377 e. The molecular weight excluding hydrogens is 182 g/mol. The van der Waals surface area contributed by atoms with Crippen LogP contribution in [0.4, 0.5) is 5.69 Å². The van der Waals surface area contributed by atoms with E-state index >= 15 is 0 Å². The van der Waals surface area contributed by atoms with Crippen LogP contribution in [0.25, 0.3) is 0 Å². The first-order valence-electron chi connectivity index (χ1n) is 4.30. The third kappa shape index (κ3) is 2.99. The topological polar surface area (TPSA) is 50.7 Å². The Balaban J connectivity index is 2.65. The molecule has 0 fully saturated rings. The predicted molar refractivity (Wildman–Crippen MR) is 53.9 cm³/mol. The zero-order valence-electron chi connectivity index (χ0n) is 8.36. The molecule has 1 rings (SSSR count). The summed E-state index contributed by atoms with van der Waals surface area (Å²) in [6, 6.07) is 9.29. The fourth-order valence-electron chi connectivity index (χ4n) is 1.09. The summed E-state index contributed by atoms with van der Waals surface area (Å²) < 4.78 is 9.73. The van der Waals surface area contributed by atoms with Crippen LogP contribution in [-0.2, 0) is 9.47 Å². The summed E-state index contributed by atoms with van der Waals surface area (Å²) in [5, 5.41) is 12.6. The maximum atomic E-state index is 9.82. The van der Waals surface area contributed by atoms with Gasteiger partial charge in [0.25, 0.3) is 5.91 Å². The van der Waals surface area contributed by atoms with Crippen LogP contribution in [0, 0.1) is 0 Å². The molecule has 0 aliphatic rings. The van der Waals surface area contributed by atoms with Crippen molar-refractivity contribution in [3.05, 3.63) is 30.3 Å². The van der Waals surface area contributed by atoms with E-state index < -0.39 is 5.91 Å². The SMILES string of the molecule is COCC(O)(Nc1ccccc1)OC. The molecule has 1 aromatic rings. The molecule has 0 saturated heterocycles. The number of para-hydroxylation sites is 1. The zero-order valence-corrected chi connectivity index (χ0v) is 8.36. The molecule has 1 aromatic carbocycles. The van der Waals surface area contributed by atoms with Crippen LogP contribution in [0.2, 0.25) is 0 Å². The lowest BCUT2D eigenvalue weighted by atomic mass is 10.3. The molecule has 78 valence electrons. The third-order valence-corrected chi connectivity index (χ3v) is 1.79. The molecule has 0 heterocycles. The fourth-order valence-corrected chi connectivity index (χ4v) is 1.09. The Labute approximate surface area is 83.5 Å². The maximum absolute atomic E-state index is 9.82. The first-order valence-corrected chi connectivity index (χ1v) is 4.30. The summed E-state index contributed by atoms with van der Waals surface area (Å²) in [6.45, 7) is 0.0540. The van der Waals surface area contributed by atoms with Crippen LogP contribution in [0.3, 0.4) is 0 Å². The average Bonchev–Trinajstić information content (AvgIpc) is 2.20. The average molecular weight is 197 g/mol. The van der Waals surface area contributed by atoms with E-state index in [0.29, 0.717) is 0 Å². The number of hydrogen-bond donors (Lipinski definition) is 2. The number of hydrogen-bond acceptors (Lipinski definition) is 4. The van der Waals surface area contributed by atoms with Gasteiger partial charge in [-0.2, -0.15) is 0 Å². The van der Waals surface area contributed by atoms with Crippen molar-refractivity contribution in [2.24, 2.45) is 0 Å². The summed E-state index contributed by atoms with van der Waals surface area (Å²) in [5.41, 5.74) is 0.772. The lowest BCUT2D eigenvalue weighted by Gasteiger charge is -2.27. The highest BCUT2D eigenvalue weighted by molar-refractivity contribution is 5.43. The second-order valence-electron chi connectivity index (χ2n) is 2.91. The van der Waals surface area contributed by atoms with Gasteiger partial charge in [-0.25, -0.2) is 0 Å². The molecule has 1 unspecified atom stereocenters. The fraction of sp³-hybridized carbons (Fsp3) is 0.400. The van der Waals surface area contributed by atoms with Gasteiger partial charge in [0.1, 0.15) is 6.61 Å². The van der Waals surface area contributed by atoms with E-state index in [0.717, 1.165) is 5.69 Å². The van der Waals surface area contributed by atoms with Crippen LogP contribution in [0.5, 0.6) is 0 Å². The molecule has 0 saturated carbocycles. The maximum Gasteiger partial charge on any atom is 0.271 e. The number of aliphatic hydroxyl groups is 1. The number of rotatable bonds is 5. The molecular formula is C10H15NO3. The van der Waals surface area contributed by atoms with Gasteiger partial charge in [-0.05, 0) is 12.1 Å². The Morgan fingerprint density at radius 2 is 1.93 bits per heavy atom. The molecule has 0 spiro atoms. The van der Waals surface area contributed by atoms with Crippen LogP contribution in [0.15, 0.2) is 30.3 Å². The van der Waals surface area contributed by atoms with Crippen LogP contribution in [-0.4, -0.2) is 31.8 Å². The molecule has 0 radical (unpaired) electrons. The molecule has 0 aliphatic carbocycles. The van der Waals surface area contributed by atoms with Gasteiger partial charge in [-0.15, -0.1) is 0 Å². The van der Waals surface area contributed by atoms with E-state index in [-0.39, 0.29) is 6.61 Å². The quantitative estimate of drug-likeness (QED) is 0.692. The minimum absolute atomic E-state index is 0.0540. The van der Waals surface area contributed by atoms with Gasteiger partial charge in [0.05, 0.1) is 0 Å². The molecule has 0 bridgehead atoms. The van der Waals surface area contributed by atoms with Gasteiger partial charge < -0.3 is 19.9 Å². The first kappa shape index (κ1) is 11.0. The van der Waals surface area contributed by atoms with Gasteiger partial charge >= 0.3 is 0 Å². The van der Waals surface area contributed by atoms with E-state index in [4.69, 9.17) is 9.47 Å². The summed E-state index contributed by atoms with van der Waals surface area (Å²) >= 11 is 0. The standard InChI is InChI=1S/C10H15NO3/c1-13-8-10(12,14-2)11-9-6-4-3-5-7-9/h3-7,11-12H,8H2,1-2H3. The van der Waals surface area contributed by atoms with E-state index in [1.54, 1.807) is 0 Å². The second kappa shape index (κ2) is 4.95. The normalized spacial score (nSPS) is 14.8. The minimum atomic E-state index is -1.48. The molecule has 4 nitrogen and oxygen atoms in total. The molecule has 0 aliphatic heterocycles. The van der Waals surface area contributed by atoms with Crippen LogP contribution >= 0.6 is 0 Å². The van der Waals surface area contributed by atoms with Crippen molar-refractivity contribution in [3.63, 3.8) is 0 Å². The lowest BCUT2D eigenvalue weighted by molar-refractivity contribution is -0.191. The highest BCUT2D eigenvalue weighted by Crippen LogP contribution is 2.13. The van der Waals surface area contributed by atoms with Crippen LogP contribution < -0.4 is 5.32 Å². The number of benzene rings is 1.